The van der Waals surface area contributed by atoms with E-state index in [1.165, 1.54) is 12.0 Å². The summed E-state index contributed by atoms with van der Waals surface area (Å²) in [6.07, 6.45) is 1.17. The Kier molecular flexibility index (Phi) is 3.33. The van der Waals surface area contributed by atoms with E-state index in [0.717, 1.165) is 12.4 Å². The first kappa shape index (κ1) is 11.3. The van der Waals surface area contributed by atoms with Gasteiger partial charge in [-0.1, -0.05) is 50.8 Å². The maximum atomic E-state index is 5.72. The van der Waals surface area contributed by atoms with Crippen LogP contribution in [-0.2, 0) is 4.74 Å². The molecule has 2 unspecified atom stereocenters. The van der Waals surface area contributed by atoms with Crippen LogP contribution in [0.15, 0.2) is 42.7 Å². The first-order valence-electron chi connectivity index (χ1n) is 6.05. The summed E-state index contributed by atoms with van der Waals surface area (Å²) >= 11 is 0. The molecule has 1 aromatic carbocycles. The smallest absolute Gasteiger partial charge is 0.0945 e. The van der Waals surface area contributed by atoms with Gasteiger partial charge in [-0.15, -0.1) is 0 Å². The van der Waals surface area contributed by atoms with E-state index in [2.05, 4.69) is 50.8 Å². The molecule has 0 bridgehead atoms. The number of benzene rings is 1. The summed E-state index contributed by atoms with van der Waals surface area (Å²) in [5.41, 5.74) is 1.39. The lowest BCUT2D eigenvalue weighted by Gasteiger charge is -2.34. The minimum atomic E-state index is 0.499. The van der Waals surface area contributed by atoms with Crippen molar-refractivity contribution in [1.82, 2.24) is 0 Å². The third kappa shape index (κ3) is 2.29. The Balaban J connectivity index is 2.12. The molecule has 1 heterocycles. The Morgan fingerprint density at radius 1 is 1.25 bits per heavy atom. The number of rotatable bonds is 2. The first-order chi connectivity index (χ1) is 7.68. The van der Waals surface area contributed by atoms with Gasteiger partial charge in [0.05, 0.1) is 12.4 Å². The van der Waals surface area contributed by atoms with Gasteiger partial charge in [-0.05, 0) is 17.9 Å². The van der Waals surface area contributed by atoms with Crippen LogP contribution in [0.1, 0.15) is 31.7 Å². The zero-order valence-corrected chi connectivity index (χ0v) is 10.1. The van der Waals surface area contributed by atoms with Crippen molar-refractivity contribution in [3.8, 4) is 0 Å². The van der Waals surface area contributed by atoms with Gasteiger partial charge in [-0.2, -0.15) is 0 Å². The fourth-order valence-corrected chi connectivity index (χ4v) is 2.42. The van der Waals surface area contributed by atoms with Crippen molar-refractivity contribution in [1.29, 1.82) is 0 Å². The van der Waals surface area contributed by atoms with Gasteiger partial charge in [0, 0.05) is 11.8 Å². The van der Waals surface area contributed by atoms with Crippen LogP contribution in [0.5, 0.6) is 0 Å². The van der Waals surface area contributed by atoms with Crippen LogP contribution in [0.4, 0.5) is 0 Å². The van der Waals surface area contributed by atoms with Crippen LogP contribution in [0.3, 0.4) is 0 Å². The van der Waals surface area contributed by atoms with Crippen molar-refractivity contribution in [2.75, 3.05) is 6.61 Å². The zero-order chi connectivity index (χ0) is 11.5. The van der Waals surface area contributed by atoms with Gasteiger partial charge in [0.15, 0.2) is 0 Å². The topological polar surface area (TPSA) is 9.23 Å². The van der Waals surface area contributed by atoms with E-state index in [9.17, 15) is 0 Å². The van der Waals surface area contributed by atoms with E-state index >= 15 is 0 Å². The summed E-state index contributed by atoms with van der Waals surface area (Å²) in [5.74, 6) is 2.61. The van der Waals surface area contributed by atoms with E-state index in [1.807, 2.05) is 0 Å². The number of hydrogen-bond acceptors (Lipinski definition) is 1. The molecular formula is C15H20O. The molecule has 1 aliphatic heterocycles. The zero-order valence-electron chi connectivity index (χ0n) is 10.1. The summed E-state index contributed by atoms with van der Waals surface area (Å²) in [5, 5.41) is 0. The number of hydrogen-bond donors (Lipinski definition) is 0. The van der Waals surface area contributed by atoms with Crippen molar-refractivity contribution in [3.05, 3.63) is 48.2 Å². The Labute approximate surface area is 98.1 Å². The maximum absolute atomic E-state index is 5.72. The molecule has 1 aromatic rings. The molecule has 1 nitrogen and oxygen atoms in total. The largest absolute Gasteiger partial charge is 0.498 e. The molecule has 0 aliphatic carbocycles. The third-order valence-electron chi connectivity index (χ3n) is 3.50. The SMILES string of the molecule is C=C1OCC(c2ccccc2)CC1C(C)C. The second-order valence-electron chi connectivity index (χ2n) is 4.97. The van der Waals surface area contributed by atoms with Gasteiger partial charge in [-0.25, -0.2) is 0 Å². The maximum Gasteiger partial charge on any atom is 0.0945 e. The van der Waals surface area contributed by atoms with E-state index in [1.54, 1.807) is 0 Å². The second kappa shape index (κ2) is 4.73. The molecule has 0 aromatic heterocycles. The predicted octanol–water partition coefficient (Wildman–Crippen LogP) is 3.98. The van der Waals surface area contributed by atoms with Crippen LogP contribution >= 0.6 is 0 Å². The Hall–Kier alpha value is -1.24. The van der Waals surface area contributed by atoms with Crippen LogP contribution in [0.2, 0.25) is 0 Å². The lowest BCUT2D eigenvalue weighted by molar-refractivity contribution is 0.0917. The quantitative estimate of drug-likeness (QED) is 0.726. The highest BCUT2D eigenvalue weighted by Gasteiger charge is 2.29. The van der Waals surface area contributed by atoms with Crippen molar-refractivity contribution < 1.29 is 4.74 Å². The van der Waals surface area contributed by atoms with Gasteiger partial charge in [0.1, 0.15) is 0 Å². The number of allylic oxidation sites excluding steroid dienone is 1. The van der Waals surface area contributed by atoms with E-state index in [-0.39, 0.29) is 0 Å². The molecule has 1 aliphatic rings. The molecule has 0 radical (unpaired) electrons. The molecular weight excluding hydrogens is 196 g/mol. The van der Waals surface area contributed by atoms with Gasteiger partial charge in [-0.3, -0.25) is 0 Å². The van der Waals surface area contributed by atoms with Crippen LogP contribution in [0.25, 0.3) is 0 Å². The molecule has 1 fully saturated rings. The van der Waals surface area contributed by atoms with Crippen molar-refractivity contribution in [2.24, 2.45) is 11.8 Å². The lowest BCUT2D eigenvalue weighted by atomic mass is 9.81. The van der Waals surface area contributed by atoms with Crippen LogP contribution in [-0.4, -0.2) is 6.61 Å². The Morgan fingerprint density at radius 3 is 2.56 bits per heavy atom. The molecule has 86 valence electrons. The summed E-state index contributed by atoms with van der Waals surface area (Å²) in [6, 6.07) is 10.7. The van der Waals surface area contributed by atoms with E-state index in [0.29, 0.717) is 17.8 Å². The predicted molar refractivity (Wildman–Crippen MR) is 67.2 cm³/mol. The van der Waals surface area contributed by atoms with Crippen molar-refractivity contribution >= 4 is 0 Å². The molecule has 2 rings (SSSR count). The van der Waals surface area contributed by atoms with Gasteiger partial charge >= 0.3 is 0 Å². The standard InChI is InChI=1S/C15H20O/c1-11(2)15-9-14(10-16-12(15)3)13-7-5-4-6-8-13/h4-8,11,14-15H,3,9-10H2,1-2H3. The lowest BCUT2D eigenvalue weighted by Crippen LogP contribution is -2.25. The Morgan fingerprint density at radius 2 is 1.94 bits per heavy atom. The summed E-state index contributed by atoms with van der Waals surface area (Å²) < 4.78 is 5.72. The van der Waals surface area contributed by atoms with E-state index < -0.39 is 0 Å². The molecule has 1 heteroatoms. The minimum Gasteiger partial charge on any atom is -0.498 e. The van der Waals surface area contributed by atoms with Crippen LogP contribution < -0.4 is 0 Å². The fraction of sp³-hybridized carbons (Fsp3) is 0.467. The normalized spacial score (nSPS) is 25.6. The molecule has 0 saturated carbocycles. The highest BCUT2D eigenvalue weighted by Crippen LogP contribution is 2.37. The highest BCUT2D eigenvalue weighted by atomic mass is 16.5. The summed E-state index contributed by atoms with van der Waals surface area (Å²) in [6.45, 7) is 9.29. The number of ether oxygens (including phenoxy) is 1. The van der Waals surface area contributed by atoms with E-state index in [4.69, 9.17) is 4.74 Å². The third-order valence-corrected chi connectivity index (χ3v) is 3.50. The second-order valence-corrected chi connectivity index (χ2v) is 4.97. The van der Waals surface area contributed by atoms with Crippen molar-refractivity contribution in [3.63, 3.8) is 0 Å². The van der Waals surface area contributed by atoms with Gasteiger partial charge < -0.3 is 4.74 Å². The van der Waals surface area contributed by atoms with Gasteiger partial charge in [0.2, 0.25) is 0 Å². The average Bonchev–Trinajstić information content (AvgIpc) is 2.30. The fourth-order valence-electron chi connectivity index (χ4n) is 2.42. The molecule has 0 spiro atoms. The van der Waals surface area contributed by atoms with Crippen LogP contribution in [0, 0.1) is 11.8 Å². The molecule has 2 atom stereocenters. The highest BCUT2D eigenvalue weighted by molar-refractivity contribution is 5.21. The summed E-state index contributed by atoms with van der Waals surface area (Å²) in [7, 11) is 0. The molecule has 16 heavy (non-hydrogen) atoms. The molecule has 0 N–H and O–H groups in total. The monoisotopic (exact) mass is 216 g/mol. The average molecular weight is 216 g/mol. The summed E-state index contributed by atoms with van der Waals surface area (Å²) in [4.78, 5) is 0. The minimum absolute atomic E-state index is 0.499. The van der Waals surface area contributed by atoms with Gasteiger partial charge in [0.25, 0.3) is 0 Å². The Bertz CT molecular complexity index is 353. The first-order valence-corrected chi connectivity index (χ1v) is 6.05. The van der Waals surface area contributed by atoms with Crippen molar-refractivity contribution in [2.45, 2.75) is 26.2 Å². The molecule has 1 saturated heterocycles. The molecule has 0 amide bonds.